The van der Waals surface area contributed by atoms with Crippen molar-refractivity contribution in [3.8, 4) is 10.6 Å². The number of aliphatic hydroxyl groups is 1. The van der Waals surface area contributed by atoms with Gasteiger partial charge in [0.25, 0.3) is 0 Å². The third kappa shape index (κ3) is 6.34. The number of nitrogens with one attached hydrogen (secondary N) is 2. The van der Waals surface area contributed by atoms with E-state index >= 15 is 0 Å². The van der Waals surface area contributed by atoms with Gasteiger partial charge >= 0.3 is 6.09 Å². The minimum Gasteiger partial charge on any atom is -0.444 e. The smallest absolute Gasteiger partial charge is 0.411 e. The number of thiophene rings is 1. The maximum absolute atomic E-state index is 13.1. The van der Waals surface area contributed by atoms with Gasteiger partial charge in [-0.1, -0.05) is 15.9 Å². The molecule has 2 aromatic heterocycles. The van der Waals surface area contributed by atoms with Crippen molar-refractivity contribution in [2.45, 2.75) is 65.1 Å². The summed E-state index contributed by atoms with van der Waals surface area (Å²) in [5, 5.41) is 16.7. The van der Waals surface area contributed by atoms with E-state index in [-0.39, 0.29) is 37.1 Å². The highest BCUT2D eigenvalue weighted by Crippen LogP contribution is 2.50. The van der Waals surface area contributed by atoms with Crippen molar-refractivity contribution in [2.24, 2.45) is 0 Å². The van der Waals surface area contributed by atoms with Gasteiger partial charge in [0.05, 0.1) is 22.9 Å². The number of carbonyl (C=O) groups is 2. The number of hydrogen-bond acceptors (Lipinski definition) is 8. The van der Waals surface area contributed by atoms with Crippen molar-refractivity contribution in [1.29, 1.82) is 0 Å². The Kier molecular flexibility index (Phi) is 8.59. The zero-order valence-electron chi connectivity index (χ0n) is 21.7. The number of ether oxygens (including phenoxy) is 1. The van der Waals surface area contributed by atoms with E-state index < -0.39 is 5.60 Å². The van der Waals surface area contributed by atoms with Crippen LogP contribution < -0.4 is 10.6 Å². The van der Waals surface area contributed by atoms with E-state index in [1.165, 1.54) is 11.3 Å². The Labute approximate surface area is 233 Å². The molecular weight excluding hydrogens is 576 g/mol. The first kappa shape index (κ1) is 28.0. The van der Waals surface area contributed by atoms with Crippen molar-refractivity contribution >= 4 is 65.8 Å². The number of halogens is 1. The van der Waals surface area contributed by atoms with E-state index in [2.05, 4.69) is 26.6 Å². The summed E-state index contributed by atoms with van der Waals surface area (Å²) in [5.41, 5.74) is 2.37. The Morgan fingerprint density at radius 1 is 1.24 bits per heavy atom. The van der Waals surface area contributed by atoms with Gasteiger partial charge in [0.2, 0.25) is 5.91 Å². The second-order valence-electron chi connectivity index (χ2n) is 10.2. The third-order valence-electron chi connectivity index (χ3n) is 6.05. The van der Waals surface area contributed by atoms with Crippen LogP contribution in [0.15, 0.2) is 22.7 Å². The molecule has 1 aromatic carbocycles. The molecule has 4 rings (SSSR count). The Morgan fingerprint density at radius 2 is 2.00 bits per heavy atom. The molecule has 0 bridgehead atoms. The van der Waals surface area contributed by atoms with Crippen molar-refractivity contribution in [2.75, 3.05) is 25.0 Å². The molecule has 0 aliphatic carbocycles. The van der Waals surface area contributed by atoms with Gasteiger partial charge < -0.3 is 20.5 Å². The van der Waals surface area contributed by atoms with E-state index in [4.69, 9.17) is 14.8 Å². The highest BCUT2D eigenvalue weighted by Gasteiger charge is 2.39. The lowest BCUT2D eigenvalue weighted by molar-refractivity contribution is -0.116. The van der Waals surface area contributed by atoms with Gasteiger partial charge in [-0.2, -0.15) is 0 Å². The van der Waals surface area contributed by atoms with Crippen molar-refractivity contribution in [3.05, 3.63) is 33.1 Å². The monoisotopic (exact) mass is 608 g/mol. The van der Waals surface area contributed by atoms with Crippen LogP contribution in [0.5, 0.6) is 0 Å². The average molecular weight is 610 g/mol. The summed E-state index contributed by atoms with van der Waals surface area (Å²) in [5.74, 6) is -0.112. The van der Waals surface area contributed by atoms with Gasteiger partial charge in [0.15, 0.2) is 0 Å². The lowest BCUT2D eigenvalue weighted by Crippen LogP contribution is -2.46. The van der Waals surface area contributed by atoms with Crippen LogP contribution in [0.4, 0.5) is 9.80 Å². The van der Waals surface area contributed by atoms with Crippen molar-refractivity contribution < 1.29 is 19.4 Å². The summed E-state index contributed by atoms with van der Waals surface area (Å²) in [4.78, 5) is 33.7. The number of fused-ring (bicyclic) bond motifs is 2. The van der Waals surface area contributed by atoms with E-state index in [1.54, 1.807) is 16.2 Å². The molecule has 0 radical (unpaired) electrons. The Hall–Kier alpha value is -2.05. The molecule has 3 N–H and O–H groups in total. The molecule has 2 unspecified atom stereocenters. The SMILES string of the molecule is CC1Cc2c(sc(NC(=O)CCNCCO)c2-c2nc3cc(Br)ccc3s2)C(C)N1C(=O)OC(C)(C)C. The highest BCUT2D eigenvalue weighted by molar-refractivity contribution is 9.10. The Balaban J connectivity index is 1.73. The second kappa shape index (κ2) is 11.4. The maximum Gasteiger partial charge on any atom is 0.411 e. The summed E-state index contributed by atoms with van der Waals surface area (Å²) >= 11 is 6.63. The molecule has 3 heterocycles. The van der Waals surface area contributed by atoms with Crippen LogP contribution >= 0.6 is 38.6 Å². The van der Waals surface area contributed by atoms with Gasteiger partial charge in [0, 0.05) is 40.5 Å². The lowest BCUT2D eigenvalue weighted by atomic mass is 9.93. The summed E-state index contributed by atoms with van der Waals surface area (Å²) < 4.78 is 7.74. The minimum atomic E-state index is -0.587. The van der Waals surface area contributed by atoms with Crippen molar-refractivity contribution in [1.82, 2.24) is 15.2 Å². The summed E-state index contributed by atoms with van der Waals surface area (Å²) in [6.45, 7) is 10.6. The minimum absolute atomic E-state index is 0.0291. The molecule has 8 nitrogen and oxygen atoms in total. The summed E-state index contributed by atoms with van der Waals surface area (Å²) in [6.07, 6.45) is 0.585. The van der Waals surface area contributed by atoms with Crippen LogP contribution in [0.3, 0.4) is 0 Å². The molecular formula is C26H33BrN4O4S2. The van der Waals surface area contributed by atoms with Crippen LogP contribution in [0.2, 0.25) is 0 Å². The molecule has 0 spiro atoms. The highest BCUT2D eigenvalue weighted by atomic mass is 79.9. The first-order valence-electron chi connectivity index (χ1n) is 12.3. The van der Waals surface area contributed by atoms with Crippen molar-refractivity contribution in [3.63, 3.8) is 0 Å². The molecule has 1 aliphatic heterocycles. The largest absolute Gasteiger partial charge is 0.444 e. The zero-order chi connectivity index (χ0) is 26.9. The summed E-state index contributed by atoms with van der Waals surface area (Å²) in [7, 11) is 0. The van der Waals surface area contributed by atoms with Crippen LogP contribution in [0.25, 0.3) is 20.8 Å². The van der Waals surface area contributed by atoms with Gasteiger partial charge in [-0.05, 0) is 64.8 Å². The number of thiazole rings is 1. The lowest BCUT2D eigenvalue weighted by Gasteiger charge is -2.39. The number of nitrogens with zero attached hydrogens (tertiary/aromatic N) is 2. The molecule has 0 fully saturated rings. The van der Waals surface area contributed by atoms with Crippen LogP contribution in [0.1, 0.15) is 57.5 Å². The molecule has 0 saturated carbocycles. The van der Waals surface area contributed by atoms with E-state index in [0.717, 1.165) is 40.7 Å². The number of benzene rings is 1. The van der Waals surface area contributed by atoms with E-state index in [0.29, 0.717) is 19.5 Å². The first-order chi connectivity index (χ1) is 17.5. The molecule has 3 aromatic rings. The van der Waals surface area contributed by atoms with Gasteiger partial charge in [-0.15, -0.1) is 22.7 Å². The third-order valence-corrected chi connectivity index (χ3v) is 8.91. The summed E-state index contributed by atoms with van der Waals surface area (Å²) in [6, 6.07) is 5.74. The molecule has 1 aliphatic rings. The number of anilines is 1. The first-order valence-corrected chi connectivity index (χ1v) is 14.8. The second-order valence-corrected chi connectivity index (χ2v) is 13.2. The normalized spacial score (nSPS) is 17.6. The van der Waals surface area contributed by atoms with Gasteiger partial charge in [-0.25, -0.2) is 9.78 Å². The molecule has 2 atom stereocenters. The molecule has 37 heavy (non-hydrogen) atoms. The topological polar surface area (TPSA) is 104 Å². The number of hydrogen-bond donors (Lipinski definition) is 3. The maximum atomic E-state index is 13.1. The quantitative estimate of drug-likeness (QED) is 0.287. The number of rotatable bonds is 7. The average Bonchev–Trinajstić information content (AvgIpc) is 3.36. The predicted molar refractivity (Wildman–Crippen MR) is 153 cm³/mol. The zero-order valence-corrected chi connectivity index (χ0v) is 24.9. The molecule has 200 valence electrons. The standard InChI is InChI=1S/C26H33BrN4O4S2/c1-14-12-17-21(23-29-18-13-16(27)6-7-19(18)36-23)24(30-20(33)8-9-28-10-11-32)37-22(17)15(2)31(14)25(34)35-26(3,4)5/h6-7,13-15,28,32H,8-12H2,1-5H3,(H,30,33). The van der Waals surface area contributed by atoms with Crippen LogP contribution in [0, 0.1) is 0 Å². The van der Waals surface area contributed by atoms with Gasteiger partial charge in [-0.3, -0.25) is 9.69 Å². The predicted octanol–water partition coefficient (Wildman–Crippen LogP) is 5.94. The fourth-order valence-corrected chi connectivity index (χ4v) is 7.23. The Morgan fingerprint density at radius 3 is 2.70 bits per heavy atom. The number of aliphatic hydroxyl groups excluding tert-OH is 1. The van der Waals surface area contributed by atoms with E-state index in [1.807, 2.05) is 52.8 Å². The van der Waals surface area contributed by atoms with Gasteiger partial charge in [0.1, 0.15) is 15.6 Å². The number of amides is 2. The molecule has 11 heteroatoms. The van der Waals surface area contributed by atoms with Crippen LogP contribution in [-0.4, -0.2) is 58.3 Å². The van der Waals surface area contributed by atoms with E-state index in [9.17, 15) is 9.59 Å². The van der Waals surface area contributed by atoms with Crippen LogP contribution in [-0.2, 0) is 16.0 Å². The number of carbonyl (C=O) groups excluding carboxylic acids is 2. The number of aromatic nitrogens is 1. The molecule has 0 saturated heterocycles. The molecule has 2 amide bonds. The Bertz CT molecular complexity index is 1300. The fourth-order valence-electron chi connectivity index (χ4n) is 4.49. The fraction of sp³-hybridized carbons (Fsp3) is 0.500.